The monoisotopic (exact) mass is 438 g/mol. The van der Waals surface area contributed by atoms with Gasteiger partial charge < -0.3 is 5.11 Å². The number of nitrogens with zero attached hydrogens (tertiary/aromatic N) is 2. The number of rotatable bonds is 4. The van der Waals surface area contributed by atoms with Gasteiger partial charge in [0, 0.05) is 5.39 Å². The Morgan fingerprint density at radius 1 is 0.714 bits per heavy atom. The summed E-state index contributed by atoms with van der Waals surface area (Å²) in [4.78, 5) is -0.600. The van der Waals surface area contributed by atoms with Crippen molar-refractivity contribution in [2.24, 2.45) is 10.2 Å². The zero-order valence-electron chi connectivity index (χ0n) is 13.4. The molecule has 3 aromatic rings. The third-order valence-electron chi connectivity index (χ3n) is 3.64. The molecule has 0 atom stereocenters. The Kier molecular flexibility index (Phi) is 6.25. The normalized spacial score (nSPS) is 12.2. The van der Waals surface area contributed by atoms with Crippen LogP contribution in [-0.2, 0) is 20.2 Å². The van der Waals surface area contributed by atoms with Crippen molar-refractivity contribution in [3.05, 3.63) is 54.6 Å². The SMILES string of the molecule is O=S(=O)(O)c1ccc(N=Nc2c(O)ccc3cc(S(=O)(=O)O)ccc23)cc1.[AlH3]. The van der Waals surface area contributed by atoms with E-state index in [9.17, 15) is 21.9 Å². The fraction of sp³-hybridized carbons (Fsp3) is 0. The highest BCUT2D eigenvalue weighted by atomic mass is 32.2. The van der Waals surface area contributed by atoms with E-state index >= 15 is 0 Å². The van der Waals surface area contributed by atoms with Crippen molar-refractivity contribution in [1.29, 1.82) is 0 Å². The zero-order valence-corrected chi connectivity index (χ0v) is 15.0. The van der Waals surface area contributed by atoms with Crippen LogP contribution < -0.4 is 0 Å². The molecule has 0 aliphatic rings. The summed E-state index contributed by atoms with van der Waals surface area (Å²) in [5.74, 6) is -0.208. The molecular formula is C16H15AlN2O7S2. The van der Waals surface area contributed by atoms with Crippen molar-refractivity contribution < 1.29 is 31.0 Å². The second-order valence-corrected chi connectivity index (χ2v) is 8.30. The second kappa shape index (κ2) is 7.96. The largest absolute Gasteiger partial charge is 0.506 e. The Bertz CT molecular complexity index is 1270. The molecule has 0 aliphatic carbocycles. The zero-order chi connectivity index (χ0) is 19.8. The maximum Gasteiger partial charge on any atom is 0.294 e. The smallest absolute Gasteiger partial charge is 0.294 e. The summed E-state index contributed by atoms with van der Waals surface area (Å²) in [6.07, 6.45) is 0. The highest BCUT2D eigenvalue weighted by molar-refractivity contribution is 7.86. The number of azo groups is 1. The summed E-state index contributed by atoms with van der Waals surface area (Å²) >= 11 is 0. The minimum atomic E-state index is -4.37. The van der Waals surface area contributed by atoms with Crippen molar-refractivity contribution in [2.45, 2.75) is 9.79 Å². The van der Waals surface area contributed by atoms with Gasteiger partial charge >= 0.3 is 0 Å². The number of hydrogen-bond acceptors (Lipinski definition) is 7. The summed E-state index contributed by atoms with van der Waals surface area (Å²) in [6.45, 7) is 0. The van der Waals surface area contributed by atoms with Gasteiger partial charge in [0.1, 0.15) is 11.4 Å². The topological polar surface area (TPSA) is 154 Å². The highest BCUT2D eigenvalue weighted by Crippen LogP contribution is 2.37. The van der Waals surface area contributed by atoms with Crippen LogP contribution in [0.15, 0.2) is 74.6 Å². The van der Waals surface area contributed by atoms with Gasteiger partial charge in [-0.05, 0) is 47.9 Å². The molecule has 0 aromatic heterocycles. The van der Waals surface area contributed by atoms with E-state index in [0.717, 1.165) is 18.2 Å². The third kappa shape index (κ3) is 4.74. The van der Waals surface area contributed by atoms with Gasteiger partial charge in [0.25, 0.3) is 20.2 Å². The average Bonchev–Trinajstić information content (AvgIpc) is 2.59. The van der Waals surface area contributed by atoms with Crippen LogP contribution in [0.4, 0.5) is 11.4 Å². The van der Waals surface area contributed by atoms with Gasteiger partial charge in [-0.15, -0.1) is 5.11 Å². The molecule has 0 spiro atoms. The lowest BCUT2D eigenvalue weighted by Gasteiger charge is -2.05. The summed E-state index contributed by atoms with van der Waals surface area (Å²) < 4.78 is 62.6. The number of benzene rings is 3. The highest BCUT2D eigenvalue weighted by Gasteiger charge is 2.13. The van der Waals surface area contributed by atoms with Gasteiger partial charge in [-0.3, -0.25) is 9.11 Å². The molecule has 28 heavy (non-hydrogen) atoms. The fourth-order valence-electron chi connectivity index (χ4n) is 2.34. The maximum absolute atomic E-state index is 11.2. The van der Waals surface area contributed by atoms with Gasteiger partial charge in [0.15, 0.2) is 17.4 Å². The van der Waals surface area contributed by atoms with E-state index in [2.05, 4.69) is 10.2 Å². The van der Waals surface area contributed by atoms with Crippen molar-refractivity contribution >= 4 is 59.7 Å². The Hall–Kier alpha value is -2.33. The van der Waals surface area contributed by atoms with Gasteiger partial charge in [0.2, 0.25) is 0 Å². The van der Waals surface area contributed by atoms with Crippen LogP contribution in [0.3, 0.4) is 0 Å². The molecule has 0 saturated heterocycles. The van der Waals surface area contributed by atoms with E-state index in [1.165, 1.54) is 36.4 Å². The predicted molar refractivity (Wildman–Crippen MR) is 106 cm³/mol. The standard InChI is InChI=1S/C16H12N2O7S2.Al.3H/c19-15-8-1-10-9-13(27(23,24)25)6-7-14(10)16(15)18-17-11-2-4-12(5-3-11)26(20,21)22;;;;/h1-9,19H,(H,20,21,22)(H,23,24,25);;;;. The summed E-state index contributed by atoms with van der Waals surface area (Å²) in [6, 6.07) is 11.4. The van der Waals surface area contributed by atoms with Crippen LogP contribution in [0.2, 0.25) is 0 Å². The van der Waals surface area contributed by atoms with Gasteiger partial charge in [-0.2, -0.15) is 21.9 Å². The minimum Gasteiger partial charge on any atom is -0.506 e. The molecule has 0 saturated carbocycles. The van der Waals surface area contributed by atoms with E-state index in [0.29, 0.717) is 10.8 Å². The van der Waals surface area contributed by atoms with Gasteiger partial charge in [0.05, 0.1) is 15.5 Å². The quantitative estimate of drug-likeness (QED) is 0.321. The van der Waals surface area contributed by atoms with Crippen LogP contribution in [0, 0.1) is 0 Å². The first-order chi connectivity index (χ1) is 12.6. The maximum atomic E-state index is 11.2. The van der Waals surface area contributed by atoms with E-state index in [1.54, 1.807) is 0 Å². The van der Waals surface area contributed by atoms with E-state index in [1.807, 2.05) is 0 Å². The van der Waals surface area contributed by atoms with E-state index in [4.69, 9.17) is 9.11 Å². The second-order valence-electron chi connectivity index (χ2n) is 5.46. The van der Waals surface area contributed by atoms with Gasteiger partial charge in [-0.1, -0.05) is 12.1 Å². The van der Waals surface area contributed by atoms with Crippen molar-refractivity contribution in [1.82, 2.24) is 0 Å². The number of phenolic OH excluding ortho intramolecular Hbond substituents is 1. The molecule has 3 rings (SSSR count). The van der Waals surface area contributed by atoms with E-state index in [-0.39, 0.29) is 44.3 Å². The molecule has 3 N–H and O–H groups in total. The first-order valence-electron chi connectivity index (χ1n) is 7.28. The van der Waals surface area contributed by atoms with E-state index < -0.39 is 20.2 Å². The van der Waals surface area contributed by atoms with Gasteiger partial charge in [-0.25, -0.2) is 0 Å². The van der Waals surface area contributed by atoms with Crippen LogP contribution in [-0.4, -0.2) is 48.4 Å². The van der Waals surface area contributed by atoms with Crippen molar-refractivity contribution in [3.8, 4) is 5.75 Å². The number of aromatic hydroxyl groups is 1. The van der Waals surface area contributed by atoms with Crippen LogP contribution >= 0.6 is 0 Å². The Morgan fingerprint density at radius 2 is 1.29 bits per heavy atom. The summed E-state index contributed by atoms with van der Waals surface area (Å²) in [5.41, 5.74) is 0.321. The molecule has 12 heteroatoms. The first-order valence-corrected chi connectivity index (χ1v) is 10.2. The molecule has 9 nitrogen and oxygen atoms in total. The molecule has 0 unspecified atom stereocenters. The first kappa shape index (κ1) is 22.0. The molecule has 0 amide bonds. The minimum absolute atomic E-state index is 0. The molecule has 146 valence electrons. The number of phenols is 1. The molecule has 0 bridgehead atoms. The van der Waals surface area contributed by atoms with Crippen LogP contribution in [0.25, 0.3) is 10.8 Å². The number of fused-ring (bicyclic) bond motifs is 1. The lowest BCUT2D eigenvalue weighted by molar-refractivity contribution is 0.477. The molecular weight excluding hydrogens is 423 g/mol. The molecule has 0 radical (unpaired) electrons. The van der Waals surface area contributed by atoms with Crippen LogP contribution in [0.1, 0.15) is 0 Å². The van der Waals surface area contributed by atoms with Crippen molar-refractivity contribution in [2.75, 3.05) is 0 Å². The Morgan fingerprint density at radius 3 is 1.86 bits per heavy atom. The lowest BCUT2D eigenvalue weighted by Crippen LogP contribution is -1.97. The fourth-order valence-corrected chi connectivity index (χ4v) is 3.33. The number of hydrogen-bond donors (Lipinski definition) is 3. The third-order valence-corrected chi connectivity index (χ3v) is 5.36. The lowest BCUT2D eigenvalue weighted by atomic mass is 10.1. The average molecular weight is 438 g/mol. The van der Waals surface area contributed by atoms with Crippen LogP contribution in [0.5, 0.6) is 5.75 Å². The molecule has 0 heterocycles. The Labute approximate surface area is 171 Å². The Balaban J connectivity index is 0.00000280. The predicted octanol–water partition coefficient (Wildman–Crippen LogP) is 2.27. The molecule has 0 fully saturated rings. The molecule has 3 aromatic carbocycles. The summed E-state index contributed by atoms with van der Waals surface area (Å²) in [5, 5.41) is 18.7. The van der Waals surface area contributed by atoms with Crippen molar-refractivity contribution in [3.63, 3.8) is 0 Å². The summed E-state index contributed by atoms with van der Waals surface area (Å²) in [7, 11) is -8.69. The molecule has 0 aliphatic heterocycles.